The van der Waals surface area contributed by atoms with Gasteiger partial charge in [-0.3, -0.25) is 0 Å². The van der Waals surface area contributed by atoms with Crippen LogP contribution in [0.5, 0.6) is 0 Å². The molecule has 0 aromatic rings. The topological polar surface area (TPSA) is 9.23 Å². The van der Waals surface area contributed by atoms with Gasteiger partial charge in [-0.2, -0.15) is 0 Å². The van der Waals surface area contributed by atoms with Crippen LogP contribution in [0.4, 0.5) is 0 Å². The molecule has 1 heterocycles. The Kier molecular flexibility index (Phi) is 5.44. The minimum atomic E-state index is 0. The fourth-order valence-electron chi connectivity index (χ4n) is 1.29. The lowest BCUT2D eigenvalue weighted by Gasteiger charge is -2.25. The summed E-state index contributed by atoms with van der Waals surface area (Å²) in [4.78, 5) is 0. The molecule has 0 spiro atoms. The van der Waals surface area contributed by atoms with E-state index in [0.29, 0.717) is 12.0 Å². The first-order chi connectivity index (χ1) is 4.30. The molecule has 60 valence electrons. The third-order valence-electron chi connectivity index (χ3n) is 1.96. The minimum Gasteiger partial charge on any atom is -0.378 e. The van der Waals surface area contributed by atoms with Crippen molar-refractivity contribution in [3.63, 3.8) is 0 Å². The van der Waals surface area contributed by atoms with Crippen molar-refractivity contribution in [1.29, 1.82) is 0 Å². The highest BCUT2D eigenvalue weighted by molar-refractivity contribution is 5.75. The van der Waals surface area contributed by atoms with Gasteiger partial charge < -0.3 is 4.74 Å². The molecule has 1 rings (SSSR count). The summed E-state index contributed by atoms with van der Waals surface area (Å²) < 4.78 is 5.54. The van der Waals surface area contributed by atoms with E-state index in [4.69, 9.17) is 4.74 Å². The fraction of sp³-hybridized carbons (Fsp3) is 1.00. The molecule has 1 aliphatic rings. The number of hydrogen-bond donors (Lipinski definition) is 0. The first-order valence-corrected chi connectivity index (χ1v) is 3.92. The normalized spacial score (nSPS) is 26.1. The zero-order valence-corrected chi connectivity index (χ0v) is 6.39. The second kappa shape index (κ2) is 5.18. The molecule has 0 aromatic carbocycles. The van der Waals surface area contributed by atoms with Crippen LogP contribution in [0.25, 0.3) is 0 Å². The predicted molar refractivity (Wildman–Crippen MR) is 48.4 cm³/mol. The van der Waals surface area contributed by atoms with E-state index in [-0.39, 0.29) is 17.4 Å². The average Bonchev–Trinajstić information content (AvgIpc) is 1.90. The molecule has 0 aromatic heterocycles. The van der Waals surface area contributed by atoms with Crippen LogP contribution in [-0.4, -0.2) is 30.1 Å². The first kappa shape index (κ1) is 10.5. The van der Waals surface area contributed by atoms with E-state index in [1.54, 1.807) is 0 Å². The summed E-state index contributed by atoms with van der Waals surface area (Å²) in [6.45, 7) is 5.45. The molecular formula is C8H19AlO. The highest BCUT2D eigenvalue weighted by Gasteiger charge is 2.16. The molecule has 0 aliphatic carbocycles. The van der Waals surface area contributed by atoms with Crippen molar-refractivity contribution in [2.45, 2.75) is 39.2 Å². The van der Waals surface area contributed by atoms with E-state index < -0.39 is 0 Å². The zero-order chi connectivity index (χ0) is 6.69. The van der Waals surface area contributed by atoms with Crippen LogP contribution < -0.4 is 0 Å². The maximum absolute atomic E-state index is 5.54. The van der Waals surface area contributed by atoms with Gasteiger partial charge in [-0.1, -0.05) is 13.8 Å². The van der Waals surface area contributed by atoms with Crippen LogP contribution >= 0.6 is 0 Å². The average molecular weight is 158 g/mol. The van der Waals surface area contributed by atoms with E-state index in [2.05, 4.69) is 13.8 Å². The van der Waals surface area contributed by atoms with Crippen molar-refractivity contribution < 1.29 is 4.74 Å². The van der Waals surface area contributed by atoms with E-state index in [9.17, 15) is 0 Å². The molecule has 1 atom stereocenters. The largest absolute Gasteiger partial charge is 0.378 e. The van der Waals surface area contributed by atoms with Crippen molar-refractivity contribution >= 4 is 17.4 Å². The Hall–Kier alpha value is 0.492. The fourth-order valence-corrected chi connectivity index (χ4v) is 1.29. The molecule has 1 unspecified atom stereocenters. The third-order valence-corrected chi connectivity index (χ3v) is 1.96. The van der Waals surface area contributed by atoms with Crippen LogP contribution in [0.2, 0.25) is 0 Å². The molecule has 1 fully saturated rings. The summed E-state index contributed by atoms with van der Waals surface area (Å²) in [6, 6.07) is 0. The Morgan fingerprint density at radius 2 is 2.00 bits per heavy atom. The molecule has 0 N–H and O–H groups in total. The SMILES string of the molecule is CC(C)C1CCCCO1.[AlH3]. The van der Waals surface area contributed by atoms with E-state index in [0.717, 1.165) is 6.61 Å². The first-order valence-electron chi connectivity index (χ1n) is 3.92. The monoisotopic (exact) mass is 158 g/mol. The molecule has 0 saturated carbocycles. The Labute approximate surface area is 74.3 Å². The van der Waals surface area contributed by atoms with Crippen molar-refractivity contribution in [3.05, 3.63) is 0 Å². The van der Waals surface area contributed by atoms with Gasteiger partial charge in [0.15, 0.2) is 17.4 Å². The third kappa shape index (κ3) is 3.05. The van der Waals surface area contributed by atoms with Gasteiger partial charge in [-0.25, -0.2) is 0 Å². The van der Waals surface area contributed by atoms with Crippen molar-refractivity contribution in [3.8, 4) is 0 Å². The predicted octanol–water partition coefficient (Wildman–Crippen LogP) is 1.03. The molecule has 0 radical (unpaired) electrons. The van der Waals surface area contributed by atoms with Gasteiger partial charge in [-0.15, -0.1) is 0 Å². The molecule has 0 bridgehead atoms. The van der Waals surface area contributed by atoms with Crippen molar-refractivity contribution in [2.24, 2.45) is 5.92 Å². The van der Waals surface area contributed by atoms with Crippen LogP contribution in [0.15, 0.2) is 0 Å². The lowest BCUT2D eigenvalue weighted by atomic mass is 9.99. The van der Waals surface area contributed by atoms with Gasteiger partial charge in [-0.05, 0) is 25.2 Å². The Bertz CT molecular complexity index is 77.3. The standard InChI is InChI=1S/C8H16O.Al.3H/c1-7(2)8-5-3-4-6-9-8;;;;/h7-8H,3-6H2,1-2H3;;;;. The summed E-state index contributed by atoms with van der Waals surface area (Å²) in [5.41, 5.74) is 0. The second-order valence-corrected chi connectivity index (χ2v) is 3.15. The quantitative estimate of drug-likeness (QED) is 0.518. The number of ether oxygens (including phenoxy) is 1. The van der Waals surface area contributed by atoms with Crippen LogP contribution in [0, 0.1) is 5.92 Å². The minimum absolute atomic E-state index is 0. The van der Waals surface area contributed by atoms with Gasteiger partial charge in [0.2, 0.25) is 0 Å². The van der Waals surface area contributed by atoms with Crippen molar-refractivity contribution in [1.82, 2.24) is 0 Å². The summed E-state index contributed by atoms with van der Waals surface area (Å²) in [6.07, 6.45) is 4.46. The number of rotatable bonds is 1. The molecular weight excluding hydrogens is 139 g/mol. The summed E-state index contributed by atoms with van der Waals surface area (Å²) >= 11 is 0. The Morgan fingerprint density at radius 3 is 2.30 bits per heavy atom. The van der Waals surface area contributed by atoms with E-state index in [1.807, 2.05) is 0 Å². The molecule has 10 heavy (non-hydrogen) atoms. The van der Waals surface area contributed by atoms with Crippen molar-refractivity contribution in [2.75, 3.05) is 6.61 Å². The second-order valence-electron chi connectivity index (χ2n) is 3.15. The summed E-state index contributed by atoms with van der Waals surface area (Å²) in [5, 5.41) is 0. The molecule has 0 amide bonds. The van der Waals surface area contributed by atoms with E-state index >= 15 is 0 Å². The highest BCUT2D eigenvalue weighted by Crippen LogP contribution is 2.18. The van der Waals surface area contributed by atoms with Gasteiger partial charge in [0.05, 0.1) is 6.10 Å². The smallest absolute Gasteiger partial charge is 0.187 e. The molecule has 1 saturated heterocycles. The Balaban J connectivity index is 0.000000810. The lowest BCUT2D eigenvalue weighted by Crippen LogP contribution is -2.24. The maximum Gasteiger partial charge on any atom is 0.187 e. The molecule has 1 nitrogen and oxygen atoms in total. The van der Waals surface area contributed by atoms with Gasteiger partial charge in [0.1, 0.15) is 0 Å². The van der Waals surface area contributed by atoms with Gasteiger partial charge in [0, 0.05) is 6.61 Å². The summed E-state index contributed by atoms with van der Waals surface area (Å²) in [5.74, 6) is 0.713. The van der Waals surface area contributed by atoms with Crippen LogP contribution in [0.3, 0.4) is 0 Å². The number of hydrogen-bond acceptors (Lipinski definition) is 1. The van der Waals surface area contributed by atoms with Crippen LogP contribution in [0.1, 0.15) is 33.1 Å². The summed E-state index contributed by atoms with van der Waals surface area (Å²) in [7, 11) is 0. The van der Waals surface area contributed by atoms with Gasteiger partial charge >= 0.3 is 0 Å². The van der Waals surface area contributed by atoms with Crippen LogP contribution in [-0.2, 0) is 4.74 Å². The molecule has 2 heteroatoms. The zero-order valence-electron chi connectivity index (χ0n) is 6.39. The van der Waals surface area contributed by atoms with Gasteiger partial charge in [0.25, 0.3) is 0 Å². The highest BCUT2D eigenvalue weighted by atomic mass is 27.0. The maximum atomic E-state index is 5.54. The Morgan fingerprint density at radius 1 is 1.30 bits per heavy atom. The lowest BCUT2D eigenvalue weighted by molar-refractivity contribution is -0.0115. The molecule has 1 aliphatic heterocycles. The van der Waals surface area contributed by atoms with E-state index in [1.165, 1.54) is 19.3 Å².